The second-order valence-electron chi connectivity index (χ2n) is 2.62. The van der Waals surface area contributed by atoms with E-state index in [9.17, 15) is 8.42 Å². The maximum Gasteiger partial charge on any atom is 0.227 e. The fourth-order valence-electron chi connectivity index (χ4n) is 0.714. The number of aryl methyl sites for hydroxylation is 2. The predicted molar refractivity (Wildman–Crippen MR) is 42.4 cm³/mol. The average Bonchev–Trinajstić information content (AvgIpc) is 2.30. The number of aromatic nitrogens is 2. The lowest BCUT2D eigenvalue weighted by Crippen LogP contribution is -2.05. The molecule has 1 aromatic heterocycles. The topological polar surface area (TPSA) is 73.1 Å². The van der Waals surface area contributed by atoms with Gasteiger partial charge in [0.1, 0.15) is 9.84 Å². The molecule has 1 heterocycles. The Kier molecular flexibility index (Phi) is 2.46. The molecule has 6 heteroatoms. The summed E-state index contributed by atoms with van der Waals surface area (Å²) < 4.78 is 26.2. The van der Waals surface area contributed by atoms with E-state index in [0.29, 0.717) is 18.1 Å². The summed E-state index contributed by atoms with van der Waals surface area (Å²) in [4.78, 5) is 3.87. The zero-order chi connectivity index (χ0) is 9.19. The molecule has 0 fully saturated rings. The minimum atomic E-state index is -2.94. The summed E-state index contributed by atoms with van der Waals surface area (Å²) in [6.45, 7) is 1.69. The largest absolute Gasteiger partial charge is 0.339 e. The first-order valence-electron chi connectivity index (χ1n) is 3.44. The van der Waals surface area contributed by atoms with Crippen LogP contribution in [0.15, 0.2) is 4.52 Å². The average molecular weight is 190 g/mol. The molecule has 0 bridgehead atoms. The van der Waals surface area contributed by atoms with Crippen LogP contribution in [0.5, 0.6) is 0 Å². The monoisotopic (exact) mass is 190 g/mol. The molecule has 0 spiro atoms. The summed E-state index contributed by atoms with van der Waals surface area (Å²) in [5.74, 6) is 0.950. The van der Waals surface area contributed by atoms with Crippen LogP contribution in [0.3, 0.4) is 0 Å². The van der Waals surface area contributed by atoms with Crippen molar-refractivity contribution in [3.63, 3.8) is 0 Å². The summed E-state index contributed by atoms with van der Waals surface area (Å²) in [6, 6.07) is 0. The van der Waals surface area contributed by atoms with Gasteiger partial charge >= 0.3 is 0 Å². The standard InChI is InChI=1S/C6H10N2O3S/c1-5-7-6(11-8-5)3-4-12(2,9)10/h3-4H2,1-2H3. The van der Waals surface area contributed by atoms with E-state index in [4.69, 9.17) is 4.52 Å². The smallest absolute Gasteiger partial charge is 0.227 e. The Morgan fingerprint density at radius 3 is 2.58 bits per heavy atom. The van der Waals surface area contributed by atoms with Crippen LogP contribution in [-0.4, -0.2) is 30.6 Å². The van der Waals surface area contributed by atoms with E-state index >= 15 is 0 Å². The van der Waals surface area contributed by atoms with Crippen LogP contribution >= 0.6 is 0 Å². The molecule has 0 atom stereocenters. The fourth-order valence-corrected chi connectivity index (χ4v) is 1.26. The molecule has 0 aliphatic heterocycles. The first-order chi connectivity index (χ1) is 5.47. The van der Waals surface area contributed by atoms with Gasteiger partial charge in [0, 0.05) is 12.7 Å². The highest BCUT2D eigenvalue weighted by Crippen LogP contribution is 1.98. The lowest BCUT2D eigenvalue weighted by Gasteiger charge is -1.91. The second kappa shape index (κ2) is 3.22. The van der Waals surface area contributed by atoms with Gasteiger partial charge in [-0.15, -0.1) is 0 Å². The molecule has 0 aliphatic rings. The van der Waals surface area contributed by atoms with Crippen molar-refractivity contribution in [3.8, 4) is 0 Å². The lowest BCUT2D eigenvalue weighted by atomic mass is 10.5. The van der Waals surface area contributed by atoms with Crippen molar-refractivity contribution in [1.29, 1.82) is 0 Å². The summed E-state index contributed by atoms with van der Waals surface area (Å²) in [6.07, 6.45) is 1.47. The lowest BCUT2D eigenvalue weighted by molar-refractivity contribution is 0.378. The highest BCUT2D eigenvalue weighted by Gasteiger charge is 2.07. The maximum atomic E-state index is 10.7. The highest BCUT2D eigenvalue weighted by atomic mass is 32.2. The predicted octanol–water partition coefficient (Wildman–Crippen LogP) is -0.0349. The molecule has 0 amide bonds. The maximum absolute atomic E-state index is 10.7. The molecule has 0 aromatic carbocycles. The number of rotatable bonds is 3. The highest BCUT2D eigenvalue weighted by molar-refractivity contribution is 7.90. The van der Waals surface area contributed by atoms with E-state index in [1.807, 2.05) is 0 Å². The van der Waals surface area contributed by atoms with Crippen molar-refractivity contribution in [2.45, 2.75) is 13.3 Å². The van der Waals surface area contributed by atoms with Crippen molar-refractivity contribution in [2.24, 2.45) is 0 Å². The summed E-state index contributed by atoms with van der Waals surface area (Å²) in [5, 5.41) is 3.54. The molecule has 0 N–H and O–H groups in total. The third kappa shape index (κ3) is 3.00. The number of sulfone groups is 1. The van der Waals surface area contributed by atoms with Crippen molar-refractivity contribution in [1.82, 2.24) is 10.1 Å². The van der Waals surface area contributed by atoms with Crippen LogP contribution in [0.1, 0.15) is 11.7 Å². The van der Waals surface area contributed by atoms with Gasteiger partial charge in [0.15, 0.2) is 5.82 Å². The van der Waals surface area contributed by atoms with Crippen LogP contribution in [-0.2, 0) is 16.3 Å². The Labute approximate surface area is 70.7 Å². The minimum absolute atomic E-state index is 0.0502. The molecular formula is C6H10N2O3S. The molecule has 5 nitrogen and oxygen atoms in total. The molecule has 0 radical (unpaired) electrons. The van der Waals surface area contributed by atoms with Gasteiger partial charge in [-0.25, -0.2) is 8.42 Å². The van der Waals surface area contributed by atoms with E-state index in [1.54, 1.807) is 6.92 Å². The van der Waals surface area contributed by atoms with E-state index in [0.717, 1.165) is 0 Å². The molecule has 68 valence electrons. The Morgan fingerprint density at radius 1 is 1.50 bits per heavy atom. The summed E-state index contributed by atoms with van der Waals surface area (Å²) in [7, 11) is -2.94. The molecule has 12 heavy (non-hydrogen) atoms. The molecule has 0 saturated carbocycles. The van der Waals surface area contributed by atoms with E-state index in [-0.39, 0.29) is 5.75 Å². The van der Waals surface area contributed by atoms with Crippen LogP contribution < -0.4 is 0 Å². The van der Waals surface area contributed by atoms with Crippen molar-refractivity contribution >= 4 is 9.84 Å². The first kappa shape index (κ1) is 9.18. The van der Waals surface area contributed by atoms with Crippen LogP contribution in [0, 0.1) is 6.92 Å². The summed E-state index contributed by atoms with van der Waals surface area (Å²) >= 11 is 0. The van der Waals surface area contributed by atoms with Crippen molar-refractivity contribution < 1.29 is 12.9 Å². The van der Waals surface area contributed by atoms with Gasteiger partial charge in [-0.2, -0.15) is 4.98 Å². The Hall–Kier alpha value is -0.910. The molecule has 0 unspecified atom stereocenters. The first-order valence-corrected chi connectivity index (χ1v) is 5.50. The molecule has 0 aliphatic carbocycles. The zero-order valence-electron chi connectivity index (χ0n) is 6.94. The number of nitrogens with zero attached hydrogens (tertiary/aromatic N) is 2. The third-order valence-corrected chi connectivity index (χ3v) is 2.20. The Morgan fingerprint density at radius 2 is 2.17 bits per heavy atom. The number of hydrogen-bond acceptors (Lipinski definition) is 5. The second-order valence-corrected chi connectivity index (χ2v) is 4.87. The fraction of sp³-hybridized carbons (Fsp3) is 0.667. The molecule has 1 aromatic rings. The van der Waals surface area contributed by atoms with Crippen LogP contribution in [0.4, 0.5) is 0 Å². The van der Waals surface area contributed by atoms with Crippen molar-refractivity contribution in [3.05, 3.63) is 11.7 Å². The Bertz CT molecular complexity index is 355. The molecule has 1 rings (SSSR count). The van der Waals surface area contributed by atoms with Gasteiger partial charge in [0.2, 0.25) is 5.89 Å². The molecule has 0 saturated heterocycles. The quantitative estimate of drug-likeness (QED) is 0.669. The minimum Gasteiger partial charge on any atom is -0.339 e. The van der Waals surface area contributed by atoms with Gasteiger partial charge in [-0.05, 0) is 6.92 Å². The van der Waals surface area contributed by atoms with Gasteiger partial charge in [-0.3, -0.25) is 0 Å². The normalized spacial score (nSPS) is 11.8. The number of hydrogen-bond donors (Lipinski definition) is 0. The van der Waals surface area contributed by atoms with Gasteiger partial charge in [0.05, 0.1) is 5.75 Å². The SMILES string of the molecule is Cc1noc(CCS(C)(=O)=O)n1. The van der Waals surface area contributed by atoms with Gasteiger partial charge in [0.25, 0.3) is 0 Å². The third-order valence-electron chi connectivity index (χ3n) is 1.26. The Balaban J connectivity index is 2.55. The van der Waals surface area contributed by atoms with Crippen LogP contribution in [0.25, 0.3) is 0 Å². The van der Waals surface area contributed by atoms with Gasteiger partial charge in [-0.1, -0.05) is 5.16 Å². The van der Waals surface area contributed by atoms with Crippen molar-refractivity contribution in [2.75, 3.05) is 12.0 Å². The molecular weight excluding hydrogens is 180 g/mol. The summed E-state index contributed by atoms with van der Waals surface area (Å²) in [5.41, 5.74) is 0. The van der Waals surface area contributed by atoms with Gasteiger partial charge < -0.3 is 4.52 Å². The zero-order valence-corrected chi connectivity index (χ0v) is 7.76. The van der Waals surface area contributed by atoms with Crippen LogP contribution in [0.2, 0.25) is 0 Å². The van der Waals surface area contributed by atoms with E-state index in [1.165, 1.54) is 6.26 Å². The van der Waals surface area contributed by atoms with E-state index < -0.39 is 9.84 Å². The van der Waals surface area contributed by atoms with E-state index in [2.05, 4.69) is 10.1 Å².